The van der Waals surface area contributed by atoms with Crippen LogP contribution in [0.3, 0.4) is 0 Å². The molecule has 1 amide bonds. The van der Waals surface area contributed by atoms with E-state index in [2.05, 4.69) is 10.3 Å². The van der Waals surface area contributed by atoms with Crippen molar-refractivity contribution in [2.24, 2.45) is 4.99 Å². The molecule has 0 atom stereocenters. The van der Waals surface area contributed by atoms with Crippen LogP contribution in [-0.2, 0) is 9.53 Å². The van der Waals surface area contributed by atoms with Crippen LogP contribution < -0.4 is 5.32 Å². The third-order valence-electron chi connectivity index (χ3n) is 1.12. The van der Waals surface area contributed by atoms with Gasteiger partial charge in [-0.3, -0.25) is 15.5 Å². The van der Waals surface area contributed by atoms with Gasteiger partial charge in [0.25, 0.3) is 0 Å². The standard InChI is InChI=1S/C6H9N3O2/c1-2-11-5-3-4(10)8-6(7)9-5/h2-3H2,1H3,(H2,7,8,10). The maximum atomic E-state index is 10.7. The summed E-state index contributed by atoms with van der Waals surface area (Å²) in [6.45, 7) is 2.28. The van der Waals surface area contributed by atoms with Gasteiger partial charge in [0.15, 0.2) is 0 Å². The molecule has 2 N–H and O–H groups in total. The van der Waals surface area contributed by atoms with Crippen molar-refractivity contribution < 1.29 is 9.53 Å². The molecule has 0 aromatic carbocycles. The maximum absolute atomic E-state index is 10.7. The predicted octanol–water partition coefficient (Wildman–Crippen LogP) is -0.124. The number of guanidine groups is 1. The molecule has 1 aliphatic rings. The maximum Gasteiger partial charge on any atom is 0.236 e. The van der Waals surface area contributed by atoms with Crippen LogP contribution in [0.4, 0.5) is 0 Å². The quantitative estimate of drug-likeness (QED) is 0.553. The smallest absolute Gasteiger partial charge is 0.236 e. The molecular formula is C6H9N3O2. The van der Waals surface area contributed by atoms with Crippen LogP contribution in [0.2, 0.25) is 0 Å². The summed E-state index contributed by atoms with van der Waals surface area (Å²) in [5.41, 5.74) is 0. The van der Waals surface area contributed by atoms with Crippen molar-refractivity contribution in [1.82, 2.24) is 5.32 Å². The fourth-order valence-electron chi connectivity index (χ4n) is 0.756. The van der Waals surface area contributed by atoms with E-state index in [1.807, 2.05) is 0 Å². The van der Waals surface area contributed by atoms with E-state index in [-0.39, 0.29) is 18.3 Å². The molecule has 0 bridgehead atoms. The zero-order valence-electron chi connectivity index (χ0n) is 6.18. The topological polar surface area (TPSA) is 74.5 Å². The SMILES string of the molecule is CCOC1=NC(=N)NC(=O)C1. The summed E-state index contributed by atoms with van der Waals surface area (Å²) >= 11 is 0. The van der Waals surface area contributed by atoms with Gasteiger partial charge in [0.05, 0.1) is 6.61 Å². The fourth-order valence-corrected chi connectivity index (χ4v) is 0.756. The number of carbonyl (C=O) groups is 1. The van der Waals surface area contributed by atoms with Crippen LogP contribution >= 0.6 is 0 Å². The molecule has 0 aliphatic carbocycles. The highest BCUT2D eigenvalue weighted by atomic mass is 16.5. The molecule has 5 heteroatoms. The molecule has 0 saturated heterocycles. The van der Waals surface area contributed by atoms with Crippen LogP contribution in [0.15, 0.2) is 4.99 Å². The monoisotopic (exact) mass is 155 g/mol. The van der Waals surface area contributed by atoms with Crippen LogP contribution in [0.1, 0.15) is 13.3 Å². The minimum Gasteiger partial charge on any atom is -0.481 e. The second-order valence-electron chi connectivity index (χ2n) is 2.01. The second-order valence-corrected chi connectivity index (χ2v) is 2.01. The minimum atomic E-state index is -0.242. The normalized spacial score (nSPS) is 17.4. The van der Waals surface area contributed by atoms with E-state index in [1.165, 1.54) is 0 Å². The van der Waals surface area contributed by atoms with Gasteiger partial charge in [0.2, 0.25) is 17.8 Å². The molecule has 0 spiro atoms. The largest absolute Gasteiger partial charge is 0.481 e. The lowest BCUT2D eigenvalue weighted by molar-refractivity contribution is -0.118. The summed E-state index contributed by atoms with van der Waals surface area (Å²) in [6.07, 6.45) is 0.135. The Morgan fingerprint density at radius 1 is 1.82 bits per heavy atom. The highest BCUT2D eigenvalue weighted by Gasteiger charge is 2.15. The Kier molecular flexibility index (Phi) is 2.20. The third-order valence-corrected chi connectivity index (χ3v) is 1.12. The van der Waals surface area contributed by atoms with Crippen molar-refractivity contribution in [2.45, 2.75) is 13.3 Å². The highest BCUT2D eigenvalue weighted by Crippen LogP contribution is 1.96. The van der Waals surface area contributed by atoms with E-state index in [0.29, 0.717) is 12.5 Å². The summed E-state index contributed by atoms with van der Waals surface area (Å²) in [5.74, 6) is -0.0700. The van der Waals surface area contributed by atoms with Crippen LogP contribution in [0.5, 0.6) is 0 Å². The zero-order chi connectivity index (χ0) is 8.27. The molecule has 0 saturated carbocycles. The number of nitrogens with zero attached hydrogens (tertiary/aromatic N) is 1. The Balaban J connectivity index is 2.64. The summed E-state index contributed by atoms with van der Waals surface area (Å²) < 4.78 is 4.97. The Labute approximate surface area is 64.0 Å². The van der Waals surface area contributed by atoms with Crippen molar-refractivity contribution >= 4 is 17.8 Å². The minimum absolute atomic E-state index is 0.135. The first-order chi connectivity index (χ1) is 5.22. The first kappa shape index (κ1) is 7.71. The first-order valence-corrected chi connectivity index (χ1v) is 3.31. The number of hydrogen-bond donors (Lipinski definition) is 2. The number of ether oxygens (including phenoxy) is 1. The Bertz CT molecular complexity index is 222. The van der Waals surface area contributed by atoms with Crippen molar-refractivity contribution in [2.75, 3.05) is 6.61 Å². The number of aliphatic imine (C=N–C) groups is 1. The second kappa shape index (κ2) is 3.14. The van der Waals surface area contributed by atoms with Crippen LogP contribution in [-0.4, -0.2) is 24.4 Å². The van der Waals surface area contributed by atoms with Gasteiger partial charge in [-0.05, 0) is 6.92 Å². The molecule has 0 aromatic heterocycles. The van der Waals surface area contributed by atoms with Crippen molar-refractivity contribution in [3.8, 4) is 0 Å². The molecule has 11 heavy (non-hydrogen) atoms. The Hall–Kier alpha value is -1.39. The average molecular weight is 155 g/mol. The molecular weight excluding hydrogens is 146 g/mol. The molecule has 1 aliphatic heterocycles. The van der Waals surface area contributed by atoms with Crippen LogP contribution in [0, 0.1) is 5.41 Å². The van der Waals surface area contributed by atoms with Crippen molar-refractivity contribution in [3.05, 3.63) is 0 Å². The van der Waals surface area contributed by atoms with Gasteiger partial charge < -0.3 is 4.74 Å². The molecule has 1 rings (SSSR count). The molecule has 1 heterocycles. The number of rotatable bonds is 1. The lowest BCUT2D eigenvalue weighted by Gasteiger charge is -2.12. The summed E-state index contributed by atoms with van der Waals surface area (Å²) in [4.78, 5) is 14.4. The lowest BCUT2D eigenvalue weighted by atomic mass is 10.3. The van der Waals surface area contributed by atoms with Crippen molar-refractivity contribution in [1.29, 1.82) is 5.41 Å². The number of nitrogens with one attached hydrogen (secondary N) is 2. The molecule has 0 radical (unpaired) electrons. The Morgan fingerprint density at radius 2 is 2.55 bits per heavy atom. The van der Waals surface area contributed by atoms with Gasteiger partial charge in [-0.2, -0.15) is 4.99 Å². The van der Waals surface area contributed by atoms with E-state index in [4.69, 9.17) is 10.1 Å². The zero-order valence-corrected chi connectivity index (χ0v) is 6.18. The van der Waals surface area contributed by atoms with E-state index in [9.17, 15) is 4.79 Å². The predicted molar refractivity (Wildman–Crippen MR) is 39.5 cm³/mol. The van der Waals surface area contributed by atoms with E-state index in [1.54, 1.807) is 6.92 Å². The lowest BCUT2D eigenvalue weighted by Crippen LogP contribution is -2.36. The van der Waals surface area contributed by atoms with Gasteiger partial charge in [-0.1, -0.05) is 0 Å². The summed E-state index contributed by atoms with van der Waals surface area (Å²) in [7, 11) is 0. The first-order valence-electron chi connectivity index (χ1n) is 3.31. The molecule has 0 unspecified atom stereocenters. The van der Waals surface area contributed by atoms with Crippen LogP contribution in [0.25, 0.3) is 0 Å². The number of carbonyl (C=O) groups excluding carboxylic acids is 1. The third kappa shape index (κ3) is 2.03. The molecule has 60 valence electrons. The van der Waals surface area contributed by atoms with Gasteiger partial charge in [0.1, 0.15) is 6.42 Å². The molecule has 5 nitrogen and oxygen atoms in total. The van der Waals surface area contributed by atoms with E-state index < -0.39 is 0 Å². The molecule has 0 aromatic rings. The fraction of sp³-hybridized carbons (Fsp3) is 0.500. The average Bonchev–Trinajstić information content (AvgIpc) is 1.85. The van der Waals surface area contributed by atoms with Gasteiger partial charge in [0, 0.05) is 0 Å². The summed E-state index contributed by atoms with van der Waals surface area (Å²) in [5, 5.41) is 9.27. The van der Waals surface area contributed by atoms with Gasteiger partial charge in [-0.25, -0.2) is 0 Å². The van der Waals surface area contributed by atoms with E-state index >= 15 is 0 Å². The number of hydrogen-bond acceptors (Lipinski definition) is 3. The summed E-state index contributed by atoms with van der Waals surface area (Å²) in [6, 6.07) is 0. The molecule has 0 fully saturated rings. The van der Waals surface area contributed by atoms with E-state index in [0.717, 1.165) is 0 Å². The highest BCUT2D eigenvalue weighted by molar-refractivity contribution is 6.12. The Morgan fingerprint density at radius 3 is 3.09 bits per heavy atom. The van der Waals surface area contributed by atoms with Crippen molar-refractivity contribution in [3.63, 3.8) is 0 Å². The van der Waals surface area contributed by atoms with Gasteiger partial charge in [-0.15, -0.1) is 0 Å². The van der Waals surface area contributed by atoms with Gasteiger partial charge >= 0.3 is 0 Å². The number of amides is 1.